The number of ether oxygens (including phenoxy) is 1. The summed E-state index contributed by atoms with van der Waals surface area (Å²) in [5, 5.41) is 0. The van der Waals surface area contributed by atoms with Crippen molar-refractivity contribution >= 4 is 5.97 Å². The summed E-state index contributed by atoms with van der Waals surface area (Å²) in [5.74, 6) is 0.321. The maximum atomic E-state index is 13.1. The highest BCUT2D eigenvalue weighted by Crippen LogP contribution is 2.31. The van der Waals surface area contributed by atoms with Crippen LogP contribution >= 0.6 is 0 Å². The van der Waals surface area contributed by atoms with Gasteiger partial charge in [0.05, 0.1) is 5.56 Å². The largest absolute Gasteiger partial charge is 0.459 e. The third-order valence-corrected chi connectivity index (χ3v) is 6.33. The lowest BCUT2D eigenvalue weighted by Crippen LogP contribution is -2.24. The summed E-state index contributed by atoms with van der Waals surface area (Å²) in [5.41, 5.74) is 2.47. The van der Waals surface area contributed by atoms with Crippen LogP contribution in [0.15, 0.2) is 48.5 Å². The zero-order valence-electron chi connectivity index (χ0n) is 18.2. The molecule has 0 aromatic heterocycles. The van der Waals surface area contributed by atoms with Gasteiger partial charge in [0.1, 0.15) is 11.9 Å². The standard InChI is InChI=1S/C27H35FO2/c1-2-3-4-5-6-7-8-21-9-19-26(20-10-21)30-27(29)24-13-11-22(12-14-24)23-15-17-25(28)18-16-23/h11-18,21,26H,2-10,19-20H2,1H3/t21-,26-. The monoisotopic (exact) mass is 410 g/mol. The van der Waals surface area contributed by atoms with Crippen LogP contribution in [0.5, 0.6) is 0 Å². The van der Waals surface area contributed by atoms with Gasteiger partial charge in [-0.05, 0) is 67.0 Å². The van der Waals surface area contributed by atoms with Crippen LogP contribution in [-0.2, 0) is 4.74 Å². The van der Waals surface area contributed by atoms with Crippen LogP contribution in [0.3, 0.4) is 0 Å². The van der Waals surface area contributed by atoms with Crippen LogP contribution in [-0.4, -0.2) is 12.1 Å². The minimum Gasteiger partial charge on any atom is -0.459 e. The van der Waals surface area contributed by atoms with Crippen molar-refractivity contribution < 1.29 is 13.9 Å². The molecule has 30 heavy (non-hydrogen) atoms. The second-order valence-corrected chi connectivity index (χ2v) is 8.69. The lowest BCUT2D eigenvalue weighted by atomic mass is 9.84. The minimum absolute atomic E-state index is 0.0510. The van der Waals surface area contributed by atoms with Gasteiger partial charge in [0.2, 0.25) is 0 Å². The van der Waals surface area contributed by atoms with Gasteiger partial charge in [0.15, 0.2) is 0 Å². The van der Waals surface area contributed by atoms with E-state index in [0.717, 1.165) is 29.9 Å². The Morgan fingerprint density at radius 2 is 1.40 bits per heavy atom. The molecule has 0 radical (unpaired) electrons. The number of rotatable bonds is 10. The van der Waals surface area contributed by atoms with Crippen molar-refractivity contribution in [2.24, 2.45) is 5.92 Å². The van der Waals surface area contributed by atoms with E-state index in [4.69, 9.17) is 4.74 Å². The first-order chi connectivity index (χ1) is 14.7. The highest BCUT2D eigenvalue weighted by molar-refractivity contribution is 5.90. The maximum absolute atomic E-state index is 13.1. The average molecular weight is 411 g/mol. The zero-order valence-corrected chi connectivity index (χ0v) is 18.2. The Balaban J connectivity index is 1.39. The predicted molar refractivity (Wildman–Crippen MR) is 121 cm³/mol. The molecule has 162 valence electrons. The third kappa shape index (κ3) is 6.97. The SMILES string of the molecule is CCCCCCCC[C@H]1CC[C@H](OC(=O)c2ccc(-c3ccc(F)cc3)cc2)CC1. The lowest BCUT2D eigenvalue weighted by Gasteiger charge is -2.28. The van der Waals surface area contributed by atoms with Crippen molar-refractivity contribution in [3.8, 4) is 11.1 Å². The average Bonchev–Trinajstić information content (AvgIpc) is 2.78. The zero-order chi connectivity index (χ0) is 21.2. The van der Waals surface area contributed by atoms with Crippen LogP contribution < -0.4 is 0 Å². The number of unbranched alkanes of at least 4 members (excludes halogenated alkanes) is 5. The van der Waals surface area contributed by atoms with Gasteiger partial charge in [-0.2, -0.15) is 0 Å². The molecular formula is C27H35FO2. The Bertz CT molecular complexity index is 758. The van der Waals surface area contributed by atoms with Crippen molar-refractivity contribution in [3.63, 3.8) is 0 Å². The fourth-order valence-corrected chi connectivity index (χ4v) is 4.41. The summed E-state index contributed by atoms with van der Waals surface area (Å²) in [6, 6.07) is 13.7. The van der Waals surface area contributed by atoms with E-state index < -0.39 is 0 Å². The smallest absolute Gasteiger partial charge is 0.338 e. The molecule has 0 atom stereocenters. The molecule has 0 spiro atoms. The normalized spacial score (nSPS) is 18.9. The molecule has 2 nitrogen and oxygen atoms in total. The number of benzene rings is 2. The fraction of sp³-hybridized carbons (Fsp3) is 0.519. The van der Waals surface area contributed by atoms with Crippen molar-refractivity contribution in [3.05, 3.63) is 59.9 Å². The molecule has 1 saturated carbocycles. The minimum atomic E-state index is -0.249. The van der Waals surface area contributed by atoms with Crippen LogP contribution in [0.2, 0.25) is 0 Å². The molecule has 0 heterocycles. The first kappa shape index (κ1) is 22.5. The second-order valence-electron chi connectivity index (χ2n) is 8.69. The van der Waals surface area contributed by atoms with Gasteiger partial charge in [0, 0.05) is 0 Å². The van der Waals surface area contributed by atoms with Gasteiger partial charge in [-0.3, -0.25) is 0 Å². The molecule has 3 heteroatoms. The molecule has 2 aromatic carbocycles. The van der Waals surface area contributed by atoms with E-state index in [1.54, 1.807) is 24.3 Å². The lowest BCUT2D eigenvalue weighted by molar-refractivity contribution is 0.0161. The van der Waals surface area contributed by atoms with E-state index in [-0.39, 0.29) is 17.9 Å². The number of esters is 1. The van der Waals surface area contributed by atoms with Gasteiger partial charge in [0.25, 0.3) is 0 Å². The van der Waals surface area contributed by atoms with Gasteiger partial charge >= 0.3 is 5.97 Å². The molecule has 1 aliphatic rings. The first-order valence-corrected chi connectivity index (χ1v) is 11.7. The van der Waals surface area contributed by atoms with E-state index >= 15 is 0 Å². The summed E-state index contributed by atoms with van der Waals surface area (Å²) in [6.45, 7) is 2.26. The van der Waals surface area contributed by atoms with Gasteiger partial charge in [-0.25, -0.2) is 9.18 Å². The third-order valence-electron chi connectivity index (χ3n) is 6.33. The summed E-state index contributed by atoms with van der Waals surface area (Å²) < 4.78 is 18.8. The van der Waals surface area contributed by atoms with Crippen molar-refractivity contribution in [1.29, 1.82) is 0 Å². The number of hydrogen-bond acceptors (Lipinski definition) is 2. The van der Waals surface area contributed by atoms with E-state index in [1.807, 2.05) is 12.1 Å². The van der Waals surface area contributed by atoms with Gasteiger partial charge in [-0.1, -0.05) is 76.1 Å². The van der Waals surface area contributed by atoms with Crippen LogP contribution in [0.1, 0.15) is 87.9 Å². The first-order valence-electron chi connectivity index (χ1n) is 11.7. The maximum Gasteiger partial charge on any atom is 0.338 e. The molecule has 3 rings (SSSR count). The van der Waals surface area contributed by atoms with Crippen molar-refractivity contribution in [2.45, 2.75) is 83.7 Å². The molecule has 0 bridgehead atoms. The number of hydrogen-bond donors (Lipinski definition) is 0. The summed E-state index contributed by atoms with van der Waals surface area (Å²) in [6.07, 6.45) is 13.8. The van der Waals surface area contributed by atoms with E-state index in [1.165, 1.54) is 69.9 Å². The Kier molecular flexibility index (Phi) is 8.92. The molecule has 1 aliphatic carbocycles. The molecule has 0 saturated heterocycles. The Morgan fingerprint density at radius 3 is 2.03 bits per heavy atom. The highest BCUT2D eigenvalue weighted by atomic mass is 19.1. The Labute approximate surface area is 180 Å². The van der Waals surface area contributed by atoms with Crippen LogP contribution in [0.25, 0.3) is 11.1 Å². The predicted octanol–water partition coefficient (Wildman–Crippen LogP) is 7.96. The van der Waals surface area contributed by atoms with Crippen molar-refractivity contribution in [2.75, 3.05) is 0 Å². The number of halogens is 1. The van der Waals surface area contributed by atoms with E-state index in [2.05, 4.69) is 6.92 Å². The fourth-order valence-electron chi connectivity index (χ4n) is 4.41. The summed E-state index contributed by atoms with van der Waals surface area (Å²) in [7, 11) is 0. The summed E-state index contributed by atoms with van der Waals surface area (Å²) in [4.78, 5) is 12.5. The Morgan fingerprint density at radius 1 is 0.833 bits per heavy atom. The number of carbonyl (C=O) groups excluding carboxylic acids is 1. The molecule has 0 amide bonds. The van der Waals surface area contributed by atoms with Gasteiger partial charge in [-0.15, -0.1) is 0 Å². The highest BCUT2D eigenvalue weighted by Gasteiger charge is 2.24. The van der Waals surface area contributed by atoms with Gasteiger partial charge < -0.3 is 4.74 Å². The summed E-state index contributed by atoms with van der Waals surface area (Å²) >= 11 is 0. The molecule has 1 fully saturated rings. The van der Waals surface area contributed by atoms with E-state index in [0.29, 0.717) is 5.56 Å². The van der Waals surface area contributed by atoms with Crippen molar-refractivity contribution in [1.82, 2.24) is 0 Å². The molecule has 2 aromatic rings. The molecule has 0 N–H and O–H groups in total. The topological polar surface area (TPSA) is 26.3 Å². The molecule has 0 aliphatic heterocycles. The Hall–Kier alpha value is -2.16. The second kappa shape index (κ2) is 11.9. The quantitative estimate of drug-likeness (QED) is 0.293. The molecule has 0 unspecified atom stereocenters. The number of carbonyl (C=O) groups is 1. The van der Waals surface area contributed by atoms with Crippen LogP contribution in [0, 0.1) is 11.7 Å². The van der Waals surface area contributed by atoms with Crippen LogP contribution in [0.4, 0.5) is 4.39 Å². The van der Waals surface area contributed by atoms with E-state index in [9.17, 15) is 9.18 Å². The molecular weight excluding hydrogens is 375 g/mol.